The van der Waals surface area contributed by atoms with E-state index in [1.54, 1.807) is 0 Å². The summed E-state index contributed by atoms with van der Waals surface area (Å²) >= 11 is 0. The van der Waals surface area contributed by atoms with Crippen molar-refractivity contribution in [3.05, 3.63) is 65.2 Å². The maximum Gasteiger partial charge on any atom is 0.119 e. The zero-order chi connectivity index (χ0) is 12.8. The van der Waals surface area contributed by atoms with Crippen LogP contribution in [0, 0.1) is 0 Å². The molecule has 2 rings (SSSR count). The quantitative estimate of drug-likeness (QED) is 0.871. The number of hydrogen-bond acceptors (Lipinski definition) is 2. The van der Waals surface area contributed by atoms with E-state index in [0.717, 1.165) is 23.3 Å². The second-order valence-corrected chi connectivity index (χ2v) is 4.31. The molecule has 2 nitrogen and oxygen atoms in total. The zero-order valence-corrected chi connectivity index (χ0v) is 10.7. The van der Waals surface area contributed by atoms with Gasteiger partial charge in [-0.3, -0.25) is 0 Å². The average Bonchev–Trinajstić information content (AvgIpc) is 2.46. The molecular formula is C16H19NO. The highest BCUT2D eigenvalue weighted by Gasteiger charge is 1.97. The maximum atomic E-state index is 5.73. The smallest absolute Gasteiger partial charge is 0.119 e. The van der Waals surface area contributed by atoms with Crippen LogP contribution in [-0.4, -0.2) is 0 Å². The van der Waals surface area contributed by atoms with Gasteiger partial charge in [-0.05, 0) is 35.2 Å². The summed E-state index contributed by atoms with van der Waals surface area (Å²) in [4.78, 5) is 0. The van der Waals surface area contributed by atoms with Crippen molar-refractivity contribution in [2.75, 3.05) is 0 Å². The monoisotopic (exact) mass is 241 g/mol. The van der Waals surface area contributed by atoms with Gasteiger partial charge in [0.25, 0.3) is 0 Å². The first-order valence-corrected chi connectivity index (χ1v) is 6.31. The van der Waals surface area contributed by atoms with Gasteiger partial charge in [0, 0.05) is 6.54 Å². The molecule has 2 aromatic rings. The summed E-state index contributed by atoms with van der Waals surface area (Å²) in [5.41, 5.74) is 9.19. The molecule has 0 aliphatic heterocycles. The van der Waals surface area contributed by atoms with Crippen LogP contribution in [0.3, 0.4) is 0 Å². The van der Waals surface area contributed by atoms with Crippen molar-refractivity contribution in [1.82, 2.24) is 0 Å². The molecule has 18 heavy (non-hydrogen) atoms. The van der Waals surface area contributed by atoms with Gasteiger partial charge in [-0.1, -0.05) is 43.3 Å². The van der Waals surface area contributed by atoms with Crippen molar-refractivity contribution in [3.63, 3.8) is 0 Å². The molecular weight excluding hydrogens is 222 g/mol. The van der Waals surface area contributed by atoms with E-state index < -0.39 is 0 Å². The Kier molecular flexibility index (Phi) is 4.37. The van der Waals surface area contributed by atoms with Crippen LogP contribution in [-0.2, 0) is 19.6 Å². The Hall–Kier alpha value is -1.80. The molecule has 2 aromatic carbocycles. The van der Waals surface area contributed by atoms with Crippen LogP contribution in [0.15, 0.2) is 48.5 Å². The molecule has 0 amide bonds. The Bertz CT molecular complexity index is 426. The molecule has 0 atom stereocenters. The molecule has 0 radical (unpaired) electrons. The van der Waals surface area contributed by atoms with Crippen molar-refractivity contribution in [2.45, 2.75) is 26.5 Å². The minimum Gasteiger partial charge on any atom is -0.489 e. The number of benzene rings is 2. The molecule has 2 N–H and O–H groups in total. The SMILES string of the molecule is CCc1ccc(OCc2ccc(CN)cc2)cc1. The number of nitrogens with two attached hydrogens (primary N) is 1. The first-order valence-electron chi connectivity index (χ1n) is 6.31. The Balaban J connectivity index is 1.93. The summed E-state index contributed by atoms with van der Waals surface area (Å²) < 4.78 is 5.73. The van der Waals surface area contributed by atoms with Crippen LogP contribution >= 0.6 is 0 Å². The lowest BCUT2D eigenvalue weighted by molar-refractivity contribution is 0.306. The molecule has 2 heteroatoms. The van der Waals surface area contributed by atoms with E-state index in [1.165, 1.54) is 5.56 Å². The summed E-state index contributed by atoms with van der Waals surface area (Å²) in [6, 6.07) is 16.4. The van der Waals surface area contributed by atoms with E-state index >= 15 is 0 Å². The van der Waals surface area contributed by atoms with Crippen molar-refractivity contribution in [3.8, 4) is 5.75 Å². The van der Waals surface area contributed by atoms with Gasteiger partial charge in [-0.2, -0.15) is 0 Å². The fourth-order valence-corrected chi connectivity index (χ4v) is 1.76. The highest BCUT2D eigenvalue weighted by Crippen LogP contribution is 2.14. The predicted molar refractivity (Wildman–Crippen MR) is 74.5 cm³/mol. The molecule has 0 spiro atoms. The molecule has 0 bridgehead atoms. The zero-order valence-electron chi connectivity index (χ0n) is 10.7. The summed E-state index contributed by atoms with van der Waals surface area (Å²) in [5, 5.41) is 0. The van der Waals surface area contributed by atoms with E-state index in [9.17, 15) is 0 Å². The van der Waals surface area contributed by atoms with E-state index in [-0.39, 0.29) is 0 Å². The van der Waals surface area contributed by atoms with E-state index in [4.69, 9.17) is 10.5 Å². The van der Waals surface area contributed by atoms with Crippen LogP contribution in [0.25, 0.3) is 0 Å². The Morgan fingerprint density at radius 1 is 0.833 bits per heavy atom. The van der Waals surface area contributed by atoms with E-state index in [0.29, 0.717) is 13.2 Å². The molecule has 0 unspecified atom stereocenters. The van der Waals surface area contributed by atoms with Gasteiger partial charge in [0.05, 0.1) is 0 Å². The van der Waals surface area contributed by atoms with Gasteiger partial charge < -0.3 is 10.5 Å². The van der Waals surface area contributed by atoms with Crippen LogP contribution in [0.2, 0.25) is 0 Å². The topological polar surface area (TPSA) is 35.2 Å². The standard InChI is InChI=1S/C16H19NO/c1-2-13-7-9-16(10-8-13)18-12-15-5-3-14(11-17)4-6-15/h3-10H,2,11-12,17H2,1H3. The van der Waals surface area contributed by atoms with Crippen molar-refractivity contribution in [2.24, 2.45) is 5.73 Å². The van der Waals surface area contributed by atoms with Gasteiger partial charge in [0.2, 0.25) is 0 Å². The number of aryl methyl sites for hydroxylation is 1. The summed E-state index contributed by atoms with van der Waals surface area (Å²) in [7, 11) is 0. The lowest BCUT2D eigenvalue weighted by Crippen LogP contribution is -1.98. The highest BCUT2D eigenvalue weighted by atomic mass is 16.5. The maximum absolute atomic E-state index is 5.73. The predicted octanol–water partition coefficient (Wildman–Crippen LogP) is 3.29. The van der Waals surface area contributed by atoms with Crippen LogP contribution in [0.1, 0.15) is 23.6 Å². The van der Waals surface area contributed by atoms with Gasteiger partial charge in [0.1, 0.15) is 12.4 Å². The van der Waals surface area contributed by atoms with Crippen LogP contribution in [0.5, 0.6) is 5.75 Å². The Morgan fingerprint density at radius 2 is 1.39 bits per heavy atom. The van der Waals surface area contributed by atoms with Crippen molar-refractivity contribution >= 4 is 0 Å². The second kappa shape index (κ2) is 6.22. The van der Waals surface area contributed by atoms with Gasteiger partial charge >= 0.3 is 0 Å². The number of ether oxygens (including phenoxy) is 1. The van der Waals surface area contributed by atoms with Gasteiger partial charge in [-0.25, -0.2) is 0 Å². The second-order valence-electron chi connectivity index (χ2n) is 4.31. The third-order valence-corrected chi connectivity index (χ3v) is 3.00. The molecule has 0 aliphatic rings. The Labute approximate surface area is 108 Å². The third kappa shape index (κ3) is 3.34. The van der Waals surface area contributed by atoms with Gasteiger partial charge in [-0.15, -0.1) is 0 Å². The lowest BCUT2D eigenvalue weighted by atomic mass is 10.1. The van der Waals surface area contributed by atoms with Crippen molar-refractivity contribution in [1.29, 1.82) is 0 Å². The van der Waals surface area contributed by atoms with E-state index in [2.05, 4.69) is 31.2 Å². The minimum absolute atomic E-state index is 0.583. The summed E-state index contributed by atoms with van der Waals surface area (Å²) in [6.45, 7) is 3.32. The average molecular weight is 241 g/mol. The molecule has 0 saturated heterocycles. The molecule has 0 saturated carbocycles. The lowest BCUT2D eigenvalue weighted by Gasteiger charge is -2.07. The first kappa shape index (κ1) is 12.7. The number of hydrogen-bond donors (Lipinski definition) is 1. The van der Waals surface area contributed by atoms with E-state index in [1.807, 2.05) is 24.3 Å². The summed E-state index contributed by atoms with van der Waals surface area (Å²) in [5.74, 6) is 0.912. The van der Waals surface area contributed by atoms with Crippen molar-refractivity contribution < 1.29 is 4.74 Å². The van der Waals surface area contributed by atoms with Gasteiger partial charge in [0.15, 0.2) is 0 Å². The third-order valence-electron chi connectivity index (χ3n) is 3.00. The Morgan fingerprint density at radius 3 is 1.94 bits per heavy atom. The molecule has 0 heterocycles. The molecule has 0 fully saturated rings. The molecule has 94 valence electrons. The fourth-order valence-electron chi connectivity index (χ4n) is 1.76. The van der Waals surface area contributed by atoms with Crippen LogP contribution < -0.4 is 10.5 Å². The molecule has 0 aliphatic carbocycles. The highest BCUT2D eigenvalue weighted by molar-refractivity contribution is 5.28. The molecule has 0 aromatic heterocycles. The van der Waals surface area contributed by atoms with Crippen LogP contribution in [0.4, 0.5) is 0 Å². The normalized spacial score (nSPS) is 10.3. The first-order chi connectivity index (χ1) is 8.81. The minimum atomic E-state index is 0.583. The largest absolute Gasteiger partial charge is 0.489 e. The number of rotatable bonds is 5. The summed E-state index contributed by atoms with van der Waals surface area (Å²) in [6.07, 6.45) is 1.06. The fraction of sp³-hybridized carbons (Fsp3) is 0.250.